The zero-order valence-corrected chi connectivity index (χ0v) is 27.0. The number of hydrogen-bond acceptors (Lipinski definition) is 6. The van der Waals surface area contributed by atoms with Crippen LogP contribution < -0.4 is 0 Å². The number of hydrogen-bond donors (Lipinski definition) is 0. The summed E-state index contributed by atoms with van der Waals surface area (Å²) in [5.41, 5.74) is -1.64. The Balaban J connectivity index is 2.62. The summed E-state index contributed by atoms with van der Waals surface area (Å²) in [7, 11) is 0. The normalized spacial score (nSPS) is 20.1. The van der Waals surface area contributed by atoms with E-state index in [1.165, 1.54) is 64.2 Å². The third-order valence-electron chi connectivity index (χ3n) is 9.01. The van der Waals surface area contributed by atoms with Crippen LogP contribution in [-0.4, -0.2) is 36.7 Å². The van der Waals surface area contributed by atoms with Gasteiger partial charge in [0, 0.05) is 6.08 Å². The molecular formula is C35H62O6. The van der Waals surface area contributed by atoms with Gasteiger partial charge in [-0.3, -0.25) is 4.79 Å². The minimum atomic E-state index is -1.64. The summed E-state index contributed by atoms with van der Waals surface area (Å²) in [5.74, 6) is -1.10. The minimum absolute atomic E-state index is 0.261. The molecule has 0 aromatic rings. The number of esters is 3. The molecule has 1 fully saturated rings. The molecule has 1 saturated carbocycles. The van der Waals surface area contributed by atoms with Crippen LogP contribution in [0.25, 0.3) is 0 Å². The van der Waals surface area contributed by atoms with Crippen LogP contribution in [0.1, 0.15) is 156 Å². The fraction of sp³-hybridized carbons (Fsp3) is 0.857. The highest BCUT2D eigenvalue weighted by Crippen LogP contribution is 2.39. The van der Waals surface area contributed by atoms with E-state index in [0.717, 1.165) is 62.9 Å². The molecule has 4 unspecified atom stereocenters. The lowest BCUT2D eigenvalue weighted by molar-refractivity contribution is -0.198. The Morgan fingerprint density at radius 2 is 1.29 bits per heavy atom. The fourth-order valence-corrected chi connectivity index (χ4v) is 6.16. The highest BCUT2D eigenvalue weighted by molar-refractivity contribution is 5.92. The summed E-state index contributed by atoms with van der Waals surface area (Å²) in [6, 6.07) is 0. The summed E-state index contributed by atoms with van der Waals surface area (Å²) in [6.45, 7) is 13.1. The average Bonchev–Trinajstić information content (AvgIpc) is 2.99. The van der Waals surface area contributed by atoms with Crippen molar-refractivity contribution in [2.75, 3.05) is 13.2 Å². The van der Waals surface area contributed by atoms with Crippen LogP contribution in [0, 0.1) is 17.8 Å². The summed E-state index contributed by atoms with van der Waals surface area (Å²) in [6.07, 6.45) is 21.5. The first-order valence-corrected chi connectivity index (χ1v) is 17.1. The van der Waals surface area contributed by atoms with Crippen LogP contribution in [0.15, 0.2) is 12.7 Å². The molecule has 6 heteroatoms. The number of unbranched alkanes of at least 4 members (excludes halogenated alkanes) is 6. The molecule has 1 aliphatic carbocycles. The third kappa shape index (κ3) is 14.2. The highest BCUT2D eigenvalue weighted by atomic mass is 16.6. The van der Waals surface area contributed by atoms with Gasteiger partial charge in [-0.1, -0.05) is 131 Å². The second-order valence-electron chi connectivity index (χ2n) is 12.1. The van der Waals surface area contributed by atoms with Crippen LogP contribution in [0.2, 0.25) is 0 Å². The number of carbonyl (C=O) groups is 3. The van der Waals surface area contributed by atoms with Gasteiger partial charge in [-0.05, 0) is 43.9 Å². The number of carbonyl (C=O) groups excluding carboxylic acids is 3. The molecule has 0 bridgehead atoms. The zero-order chi connectivity index (χ0) is 30.3. The van der Waals surface area contributed by atoms with Crippen molar-refractivity contribution in [3.05, 3.63) is 12.7 Å². The molecule has 0 spiro atoms. The van der Waals surface area contributed by atoms with Crippen molar-refractivity contribution in [1.82, 2.24) is 0 Å². The molecule has 6 nitrogen and oxygen atoms in total. The van der Waals surface area contributed by atoms with Crippen molar-refractivity contribution in [2.24, 2.45) is 17.8 Å². The summed E-state index contributed by atoms with van der Waals surface area (Å²) < 4.78 is 17.0. The lowest BCUT2D eigenvalue weighted by atomic mass is 9.75. The molecule has 0 aromatic carbocycles. The van der Waals surface area contributed by atoms with Gasteiger partial charge in [0.05, 0.1) is 13.2 Å². The quantitative estimate of drug-likeness (QED) is 0.0491. The topological polar surface area (TPSA) is 78.9 Å². The first kappa shape index (κ1) is 37.2. The summed E-state index contributed by atoms with van der Waals surface area (Å²) in [5, 5.41) is 0. The predicted molar refractivity (Wildman–Crippen MR) is 166 cm³/mol. The maximum absolute atomic E-state index is 13.4. The molecule has 0 N–H and O–H groups in total. The van der Waals surface area contributed by atoms with Crippen molar-refractivity contribution in [3.63, 3.8) is 0 Å². The van der Waals surface area contributed by atoms with Gasteiger partial charge < -0.3 is 14.2 Å². The van der Waals surface area contributed by atoms with E-state index in [1.807, 2.05) is 0 Å². The minimum Gasteiger partial charge on any atom is -0.465 e. The van der Waals surface area contributed by atoms with Crippen LogP contribution >= 0.6 is 0 Å². The molecule has 0 heterocycles. The first-order valence-electron chi connectivity index (χ1n) is 17.1. The summed E-state index contributed by atoms with van der Waals surface area (Å²) >= 11 is 0. The number of rotatable bonds is 24. The van der Waals surface area contributed by atoms with Crippen molar-refractivity contribution >= 4 is 17.9 Å². The van der Waals surface area contributed by atoms with Crippen LogP contribution in [0.3, 0.4) is 0 Å². The molecule has 1 aliphatic rings. The monoisotopic (exact) mass is 578 g/mol. The van der Waals surface area contributed by atoms with E-state index in [2.05, 4.69) is 34.3 Å². The second kappa shape index (κ2) is 22.7. The molecular weight excluding hydrogens is 516 g/mol. The Kier molecular flexibility index (Phi) is 20.6. The van der Waals surface area contributed by atoms with E-state index in [4.69, 9.17) is 14.2 Å². The largest absolute Gasteiger partial charge is 0.465 e. The lowest BCUT2D eigenvalue weighted by Gasteiger charge is -2.39. The van der Waals surface area contributed by atoms with E-state index in [9.17, 15) is 14.4 Å². The van der Waals surface area contributed by atoms with E-state index in [-0.39, 0.29) is 13.0 Å². The van der Waals surface area contributed by atoms with E-state index in [0.29, 0.717) is 19.4 Å². The summed E-state index contributed by atoms with van der Waals surface area (Å²) in [4.78, 5) is 39.0. The maximum atomic E-state index is 13.4. The van der Waals surface area contributed by atoms with Crippen molar-refractivity contribution in [2.45, 2.75) is 162 Å². The molecule has 0 amide bonds. The van der Waals surface area contributed by atoms with Gasteiger partial charge in [-0.25, -0.2) is 9.59 Å². The van der Waals surface area contributed by atoms with Crippen LogP contribution in [-0.2, 0) is 28.6 Å². The predicted octanol–water partition coefficient (Wildman–Crippen LogP) is 9.28. The van der Waals surface area contributed by atoms with Crippen LogP contribution in [0.5, 0.6) is 0 Å². The van der Waals surface area contributed by atoms with Crippen molar-refractivity contribution in [1.29, 1.82) is 0 Å². The van der Waals surface area contributed by atoms with Gasteiger partial charge in [-0.2, -0.15) is 0 Å². The molecule has 4 atom stereocenters. The first-order chi connectivity index (χ1) is 19.9. The molecule has 41 heavy (non-hydrogen) atoms. The van der Waals surface area contributed by atoms with E-state index < -0.39 is 29.4 Å². The van der Waals surface area contributed by atoms with Crippen LogP contribution in [0.4, 0.5) is 0 Å². The lowest BCUT2D eigenvalue weighted by Crippen LogP contribution is -2.55. The Morgan fingerprint density at radius 3 is 1.80 bits per heavy atom. The standard InChI is InChI=1S/C35H62O6/c1-6-11-21-29(8-3)23-15-13-19-27-39-33(37)31-25-17-18-26-35(31,41-32(36)10-5)34(38)40-28-20-14-16-24-30(9-4)22-12-7-2/h10,29-31H,5-9,11-28H2,1-4H3. The zero-order valence-electron chi connectivity index (χ0n) is 27.0. The van der Waals surface area contributed by atoms with Gasteiger partial charge in [0.25, 0.3) is 0 Å². The average molecular weight is 579 g/mol. The van der Waals surface area contributed by atoms with Gasteiger partial charge in [0.2, 0.25) is 5.60 Å². The number of ether oxygens (including phenoxy) is 3. The highest BCUT2D eigenvalue weighted by Gasteiger charge is 2.55. The third-order valence-corrected chi connectivity index (χ3v) is 9.01. The Hall–Kier alpha value is -1.85. The molecule has 0 saturated heterocycles. The van der Waals surface area contributed by atoms with Crippen molar-refractivity contribution < 1.29 is 28.6 Å². The molecule has 238 valence electrons. The van der Waals surface area contributed by atoms with Gasteiger partial charge in [-0.15, -0.1) is 0 Å². The molecule has 0 aromatic heterocycles. The Labute approximate surface area is 251 Å². The van der Waals surface area contributed by atoms with Gasteiger partial charge in [0.15, 0.2) is 0 Å². The van der Waals surface area contributed by atoms with Crippen molar-refractivity contribution in [3.8, 4) is 0 Å². The second-order valence-corrected chi connectivity index (χ2v) is 12.1. The fourth-order valence-electron chi connectivity index (χ4n) is 6.16. The Morgan fingerprint density at radius 1 is 0.756 bits per heavy atom. The van der Waals surface area contributed by atoms with Gasteiger partial charge >= 0.3 is 17.9 Å². The maximum Gasteiger partial charge on any atom is 0.351 e. The molecule has 0 radical (unpaired) electrons. The van der Waals surface area contributed by atoms with Gasteiger partial charge in [0.1, 0.15) is 5.92 Å². The molecule has 1 rings (SSSR count). The van der Waals surface area contributed by atoms with E-state index in [1.54, 1.807) is 0 Å². The SMILES string of the molecule is C=CC(=O)OC1(C(=O)OCCCCCC(CC)CCCC)CCCCC1C(=O)OCCCCCC(CC)CCCC. The smallest absolute Gasteiger partial charge is 0.351 e. The Bertz CT molecular complexity index is 734. The molecule has 0 aliphatic heterocycles. The van der Waals surface area contributed by atoms with E-state index >= 15 is 0 Å².